The molecule has 1 aromatic carbocycles. The number of rotatable bonds is 4. The maximum Gasteiger partial charge on any atom is 0.0391 e. The fourth-order valence-electron chi connectivity index (χ4n) is 2.17. The standard InChI is InChI=1S/C15H18BrNS/c1-10-6-4-5-7-14(10)11(2)17-12(3)15-8-13(16)9-18-15/h4-9,11-12,17H,1-3H3. The van der Waals surface area contributed by atoms with E-state index in [1.165, 1.54) is 20.5 Å². The van der Waals surface area contributed by atoms with Gasteiger partial charge in [-0.2, -0.15) is 0 Å². The van der Waals surface area contributed by atoms with Crippen molar-refractivity contribution in [1.29, 1.82) is 0 Å². The van der Waals surface area contributed by atoms with Gasteiger partial charge in [0.1, 0.15) is 0 Å². The first-order valence-corrected chi connectivity index (χ1v) is 7.80. The van der Waals surface area contributed by atoms with Crippen LogP contribution in [0.15, 0.2) is 40.2 Å². The lowest BCUT2D eigenvalue weighted by atomic mass is 10.0. The van der Waals surface area contributed by atoms with Gasteiger partial charge in [0.25, 0.3) is 0 Å². The predicted molar refractivity (Wildman–Crippen MR) is 83.2 cm³/mol. The molecule has 0 spiro atoms. The van der Waals surface area contributed by atoms with Gasteiger partial charge in [-0.3, -0.25) is 0 Å². The van der Waals surface area contributed by atoms with E-state index < -0.39 is 0 Å². The molecule has 18 heavy (non-hydrogen) atoms. The minimum absolute atomic E-state index is 0.363. The summed E-state index contributed by atoms with van der Waals surface area (Å²) in [5.41, 5.74) is 2.72. The smallest absolute Gasteiger partial charge is 0.0391 e. The van der Waals surface area contributed by atoms with Gasteiger partial charge in [-0.25, -0.2) is 0 Å². The Morgan fingerprint density at radius 2 is 1.89 bits per heavy atom. The molecular weight excluding hydrogens is 306 g/mol. The summed E-state index contributed by atoms with van der Waals surface area (Å²) < 4.78 is 1.17. The molecule has 0 aliphatic carbocycles. The molecule has 0 aliphatic heterocycles. The number of benzene rings is 1. The van der Waals surface area contributed by atoms with Gasteiger partial charge in [0.2, 0.25) is 0 Å². The van der Waals surface area contributed by atoms with Crippen molar-refractivity contribution in [2.24, 2.45) is 0 Å². The van der Waals surface area contributed by atoms with Crippen LogP contribution >= 0.6 is 27.3 Å². The van der Waals surface area contributed by atoms with Crippen LogP contribution in [0.2, 0.25) is 0 Å². The summed E-state index contributed by atoms with van der Waals surface area (Å²) in [6.45, 7) is 6.61. The highest BCUT2D eigenvalue weighted by atomic mass is 79.9. The third-order valence-electron chi connectivity index (χ3n) is 3.17. The first-order chi connectivity index (χ1) is 8.58. The van der Waals surface area contributed by atoms with Gasteiger partial charge in [-0.1, -0.05) is 24.3 Å². The van der Waals surface area contributed by atoms with Crippen LogP contribution < -0.4 is 5.32 Å². The second-order valence-corrected chi connectivity index (χ2v) is 6.49. The van der Waals surface area contributed by atoms with Crippen molar-refractivity contribution in [3.8, 4) is 0 Å². The molecule has 2 atom stereocenters. The number of nitrogens with one attached hydrogen (secondary N) is 1. The van der Waals surface area contributed by atoms with Gasteiger partial charge in [0, 0.05) is 26.8 Å². The van der Waals surface area contributed by atoms with Crippen molar-refractivity contribution in [1.82, 2.24) is 5.32 Å². The molecule has 0 saturated heterocycles. The molecule has 96 valence electrons. The van der Waals surface area contributed by atoms with E-state index in [1.54, 1.807) is 11.3 Å². The number of hydrogen-bond acceptors (Lipinski definition) is 2. The molecule has 0 amide bonds. The quantitative estimate of drug-likeness (QED) is 0.812. The summed E-state index contributed by atoms with van der Waals surface area (Å²) in [5.74, 6) is 0. The largest absolute Gasteiger partial charge is 0.303 e. The van der Waals surface area contributed by atoms with E-state index in [-0.39, 0.29) is 0 Å². The molecule has 2 aromatic rings. The zero-order chi connectivity index (χ0) is 13.1. The third kappa shape index (κ3) is 3.22. The van der Waals surface area contributed by atoms with E-state index in [1.807, 2.05) is 0 Å². The Morgan fingerprint density at radius 1 is 1.17 bits per heavy atom. The van der Waals surface area contributed by atoms with Crippen molar-refractivity contribution >= 4 is 27.3 Å². The molecule has 0 fully saturated rings. The molecule has 1 aromatic heterocycles. The van der Waals surface area contributed by atoms with Crippen LogP contribution in [0.3, 0.4) is 0 Å². The molecule has 0 saturated carbocycles. The average molecular weight is 324 g/mol. The summed E-state index contributed by atoms with van der Waals surface area (Å²) in [6.07, 6.45) is 0. The van der Waals surface area contributed by atoms with Crippen molar-refractivity contribution in [2.45, 2.75) is 32.9 Å². The fraction of sp³-hybridized carbons (Fsp3) is 0.333. The topological polar surface area (TPSA) is 12.0 Å². The second kappa shape index (κ2) is 6.00. The maximum absolute atomic E-state index is 3.66. The number of hydrogen-bond donors (Lipinski definition) is 1. The number of aryl methyl sites for hydroxylation is 1. The van der Waals surface area contributed by atoms with Crippen LogP contribution in [0.4, 0.5) is 0 Å². The van der Waals surface area contributed by atoms with Crippen LogP contribution in [0.25, 0.3) is 0 Å². The van der Waals surface area contributed by atoms with E-state index in [2.05, 4.69) is 77.7 Å². The zero-order valence-corrected chi connectivity index (χ0v) is 13.3. The van der Waals surface area contributed by atoms with Gasteiger partial charge in [-0.05, 0) is 53.9 Å². The van der Waals surface area contributed by atoms with Crippen molar-refractivity contribution in [2.75, 3.05) is 0 Å². The van der Waals surface area contributed by atoms with E-state index in [0.29, 0.717) is 12.1 Å². The van der Waals surface area contributed by atoms with Crippen molar-refractivity contribution in [3.63, 3.8) is 0 Å². The molecule has 0 radical (unpaired) electrons. The monoisotopic (exact) mass is 323 g/mol. The summed E-state index contributed by atoms with van der Waals surface area (Å²) in [5, 5.41) is 5.79. The molecule has 0 aliphatic rings. The Kier molecular flexibility index (Phi) is 4.60. The second-order valence-electron chi connectivity index (χ2n) is 4.63. The van der Waals surface area contributed by atoms with E-state index >= 15 is 0 Å². The normalized spacial score (nSPS) is 14.4. The van der Waals surface area contributed by atoms with Crippen LogP contribution in [0.1, 0.15) is 41.9 Å². The van der Waals surface area contributed by atoms with Gasteiger partial charge >= 0.3 is 0 Å². The molecule has 1 nitrogen and oxygen atoms in total. The summed E-state index contributed by atoms with van der Waals surface area (Å²) in [6, 6.07) is 11.5. The Morgan fingerprint density at radius 3 is 2.50 bits per heavy atom. The van der Waals surface area contributed by atoms with E-state index in [0.717, 1.165) is 0 Å². The lowest BCUT2D eigenvalue weighted by Gasteiger charge is -2.21. The molecule has 1 N–H and O–H groups in total. The van der Waals surface area contributed by atoms with E-state index in [9.17, 15) is 0 Å². The number of halogens is 1. The van der Waals surface area contributed by atoms with Crippen LogP contribution in [0, 0.1) is 6.92 Å². The lowest BCUT2D eigenvalue weighted by Crippen LogP contribution is -2.22. The highest BCUT2D eigenvalue weighted by Crippen LogP contribution is 2.27. The van der Waals surface area contributed by atoms with Crippen molar-refractivity contribution < 1.29 is 0 Å². The highest BCUT2D eigenvalue weighted by Gasteiger charge is 2.13. The van der Waals surface area contributed by atoms with Gasteiger partial charge in [-0.15, -0.1) is 11.3 Å². The van der Waals surface area contributed by atoms with E-state index in [4.69, 9.17) is 0 Å². The molecule has 1 heterocycles. The first-order valence-electron chi connectivity index (χ1n) is 6.13. The third-order valence-corrected chi connectivity index (χ3v) is 5.05. The Balaban J connectivity index is 2.08. The van der Waals surface area contributed by atoms with Crippen LogP contribution in [0.5, 0.6) is 0 Å². The molecular formula is C15H18BrNS. The van der Waals surface area contributed by atoms with Gasteiger partial charge in [0.05, 0.1) is 0 Å². The Hall–Kier alpha value is -0.640. The molecule has 2 rings (SSSR count). The Labute approximate surface area is 121 Å². The summed E-state index contributed by atoms with van der Waals surface area (Å²) >= 11 is 5.30. The van der Waals surface area contributed by atoms with Crippen LogP contribution in [-0.4, -0.2) is 0 Å². The van der Waals surface area contributed by atoms with Gasteiger partial charge < -0.3 is 5.32 Å². The number of thiophene rings is 1. The van der Waals surface area contributed by atoms with Crippen LogP contribution in [-0.2, 0) is 0 Å². The SMILES string of the molecule is Cc1ccccc1C(C)NC(C)c1cc(Br)cs1. The van der Waals surface area contributed by atoms with Gasteiger partial charge in [0.15, 0.2) is 0 Å². The minimum atomic E-state index is 0.363. The minimum Gasteiger partial charge on any atom is -0.303 e. The maximum atomic E-state index is 3.66. The summed E-state index contributed by atoms with van der Waals surface area (Å²) in [7, 11) is 0. The summed E-state index contributed by atoms with van der Waals surface area (Å²) in [4.78, 5) is 1.36. The molecule has 2 unspecified atom stereocenters. The lowest BCUT2D eigenvalue weighted by molar-refractivity contribution is 0.498. The average Bonchev–Trinajstić information content (AvgIpc) is 2.76. The molecule has 0 bridgehead atoms. The molecule has 3 heteroatoms. The Bertz CT molecular complexity index is 521. The van der Waals surface area contributed by atoms with Crippen molar-refractivity contribution in [3.05, 3.63) is 56.2 Å². The zero-order valence-electron chi connectivity index (χ0n) is 10.9. The highest BCUT2D eigenvalue weighted by molar-refractivity contribution is 9.10. The first kappa shape index (κ1) is 13.8. The predicted octanol–water partition coefficient (Wildman–Crippen LogP) is 5.23. The fourth-order valence-corrected chi connectivity index (χ4v) is 3.64.